The molecule has 0 fully saturated rings. The van der Waals surface area contributed by atoms with E-state index in [1.54, 1.807) is 42.5 Å². The number of hydrogen-bond donors (Lipinski definition) is 2. The molecular formula is C18H15ClN4O3. The highest BCUT2D eigenvalue weighted by atomic mass is 35.5. The lowest BCUT2D eigenvalue weighted by Crippen LogP contribution is -2.35. The molecule has 132 valence electrons. The third kappa shape index (κ3) is 3.73. The summed E-state index contributed by atoms with van der Waals surface area (Å²) >= 11 is 5.90. The van der Waals surface area contributed by atoms with Crippen molar-refractivity contribution in [1.29, 1.82) is 0 Å². The van der Waals surface area contributed by atoms with E-state index in [-0.39, 0.29) is 24.2 Å². The summed E-state index contributed by atoms with van der Waals surface area (Å²) in [6.07, 6.45) is 0. The predicted octanol–water partition coefficient (Wildman–Crippen LogP) is 1.47. The van der Waals surface area contributed by atoms with Crippen molar-refractivity contribution in [3.05, 3.63) is 75.2 Å². The van der Waals surface area contributed by atoms with E-state index < -0.39 is 17.4 Å². The molecule has 1 aromatic heterocycles. The molecule has 0 saturated carbocycles. The van der Waals surface area contributed by atoms with Gasteiger partial charge in [0.25, 0.3) is 11.5 Å². The Morgan fingerprint density at radius 3 is 2.54 bits per heavy atom. The predicted molar refractivity (Wildman–Crippen MR) is 97.8 cm³/mol. The number of aromatic nitrogens is 2. The van der Waals surface area contributed by atoms with Gasteiger partial charge in [-0.2, -0.15) is 5.10 Å². The zero-order chi connectivity index (χ0) is 18.7. The van der Waals surface area contributed by atoms with Gasteiger partial charge in [0.2, 0.25) is 5.91 Å². The van der Waals surface area contributed by atoms with Crippen LogP contribution in [0.1, 0.15) is 16.1 Å². The lowest BCUT2D eigenvalue weighted by molar-refractivity contribution is -0.122. The zero-order valence-electron chi connectivity index (χ0n) is 13.6. The largest absolute Gasteiger partial charge is 0.364 e. The number of hydrogen-bond acceptors (Lipinski definition) is 4. The Bertz CT molecular complexity index is 1060. The Morgan fingerprint density at radius 1 is 1.12 bits per heavy atom. The molecule has 3 rings (SSSR count). The summed E-state index contributed by atoms with van der Waals surface area (Å²) in [5.41, 5.74) is 5.65. The number of halogens is 1. The lowest BCUT2D eigenvalue weighted by atomic mass is 10.1. The van der Waals surface area contributed by atoms with Crippen LogP contribution in [0.4, 0.5) is 0 Å². The van der Waals surface area contributed by atoms with E-state index in [1.807, 2.05) is 6.07 Å². The Kier molecular flexibility index (Phi) is 4.99. The van der Waals surface area contributed by atoms with Crippen molar-refractivity contribution < 1.29 is 9.59 Å². The third-order valence-corrected chi connectivity index (χ3v) is 4.01. The van der Waals surface area contributed by atoms with Gasteiger partial charge in [-0.1, -0.05) is 41.9 Å². The molecule has 2 amide bonds. The molecule has 3 N–H and O–H groups in total. The number of nitrogens with one attached hydrogen (secondary N) is 1. The number of fused-ring (bicyclic) bond motifs is 1. The molecule has 0 aliphatic heterocycles. The van der Waals surface area contributed by atoms with Gasteiger partial charge in [-0.15, -0.1) is 0 Å². The van der Waals surface area contributed by atoms with E-state index in [0.29, 0.717) is 10.4 Å². The van der Waals surface area contributed by atoms with Gasteiger partial charge in [-0.25, -0.2) is 4.68 Å². The van der Waals surface area contributed by atoms with Gasteiger partial charge in [-0.05, 0) is 23.8 Å². The van der Waals surface area contributed by atoms with Gasteiger partial charge in [0, 0.05) is 17.0 Å². The van der Waals surface area contributed by atoms with Gasteiger partial charge in [0.1, 0.15) is 6.54 Å². The van der Waals surface area contributed by atoms with Crippen molar-refractivity contribution in [3.8, 4) is 0 Å². The first-order chi connectivity index (χ1) is 12.5. The van der Waals surface area contributed by atoms with Crippen LogP contribution < -0.4 is 16.6 Å². The second-order valence-electron chi connectivity index (χ2n) is 5.63. The van der Waals surface area contributed by atoms with Crippen LogP contribution in [0, 0.1) is 0 Å². The smallest absolute Gasteiger partial charge is 0.275 e. The van der Waals surface area contributed by atoms with Gasteiger partial charge in [0.15, 0.2) is 5.69 Å². The number of nitrogens with zero attached hydrogens (tertiary/aromatic N) is 2. The fraction of sp³-hybridized carbons (Fsp3) is 0.111. The molecule has 0 saturated heterocycles. The summed E-state index contributed by atoms with van der Waals surface area (Å²) in [5, 5.41) is 7.85. The lowest BCUT2D eigenvalue weighted by Gasteiger charge is -2.10. The number of carbonyl (C=O) groups excluding carboxylic acids is 2. The van der Waals surface area contributed by atoms with Crippen molar-refractivity contribution >= 4 is 34.2 Å². The van der Waals surface area contributed by atoms with Crippen LogP contribution in [0.5, 0.6) is 0 Å². The maximum absolute atomic E-state index is 12.5. The average molecular weight is 371 g/mol. The number of nitrogens with two attached hydrogens (primary N) is 1. The van der Waals surface area contributed by atoms with Crippen LogP contribution in [0.3, 0.4) is 0 Å². The molecule has 0 unspecified atom stereocenters. The minimum Gasteiger partial charge on any atom is -0.364 e. The second-order valence-corrected chi connectivity index (χ2v) is 6.06. The number of carbonyl (C=O) groups is 2. The Labute approximate surface area is 153 Å². The summed E-state index contributed by atoms with van der Waals surface area (Å²) in [6, 6.07) is 13.6. The van der Waals surface area contributed by atoms with Gasteiger partial charge in [0.05, 0.1) is 5.39 Å². The average Bonchev–Trinajstić information content (AvgIpc) is 2.62. The van der Waals surface area contributed by atoms with Crippen molar-refractivity contribution in [2.24, 2.45) is 5.73 Å². The molecular weight excluding hydrogens is 356 g/mol. The minimum atomic E-state index is -0.769. The highest BCUT2D eigenvalue weighted by molar-refractivity contribution is 6.30. The maximum atomic E-state index is 12.5. The second kappa shape index (κ2) is 7.37. The van der Waals surface area contributed by atoms with E-state index in [1.165, 1.54) is 0 Å². The van der Waals surface area contributed by atoms with E-state index in [9.17, 15) is 14.4 Å². The van der Waals surface area contributed by atoms with Crippen LogP contribution in [0.2, 0.25) is 5.02 Å². The molecule has 8 heteroatoms. The summed E-state index contributed by atoms with van der Waals surface area (Å²) < 4.78 is 0.940. The van der Waals surface area contributed by atoms with E-state index in [0.717, 1.165) is 10.2 Å². The summed E-state index contributed by atoms with van der Waals surface area (Å²) in [7, 11) is 0. The van der Waals surface area contributed by atoms with Crippen molar-refractivity contribution in [3.63, 3.8) is 0 Å². The molecule has 2 aromatic carbocycles. The monoisotopic (exact) mass is 370 g/mol. The Morgan fingerprint density at radius 2 is 1.85 bits per heavy atom. The summed E-state index contributed by atoms with van der Waals surface area (Å²) in [5.74, 6) is -1.19. The van der Waals surface area contributed by atoms with Gasteiger partial charge >= 0.3 is 0 Å². The van der Waals surface area contributed by atoms with Gasteiger partial charge < -0.3 is 11.1 Å². The zero-order valence-corrected chi connectivity index (χ0v) is 14.4. The Hall–Kier alpha value is -3.19. The quantitative estimate of drug-likeness (QED) is 0.709. The van der Waals surface area contributed by atoms with Crippen LogP contribution >= 0.6 is 11.6 Å². The molecule has 1 heterocycles. The van der Waals surface area contributed by atoms with Crippen LogP contribution in [0.15, 0.2) is 53.3 Å². The Balaban J connectivity index is 1.84. The fourth-order valence-corrected chi connectivity index (χ4v) is 2.78. The molecule has 26 heavy (non-hydrogen) atoms. The minimum absolute atomic E-state index is 0.0529. The summed E-state index contributed by atoms with van der Waals surface area (Å²) in [4.78, 5) is 36.3. The first-order valence-corrected chi connectivity index (χ1v) is 8.14. The number of primary amides is 1. The topological polar surface area (TPSA) is 107 Å². The van der Waals surface area contributed by atoms with Crippen LogP contribution in [0.25, 0.3) is 10.8 Å². The highest BCUT2D eigenvalue weighted by Gasteiger charge is 2.15. The van der Waals surface area contributed by atoms with Crippen molar-refractivity contribution in [2.75, 3.05) is 0 Å². The maximum Gasteiger partial charge on any atom is 0.275 e. The molecule has 0 aliphatic rings. The number of amides is 2. The SMILES string of the molecule is NC(=O)c1nn(CC(=O)NCc2cccc(Cl)c2)c(=O)c2ccccc12. The first-order valence-electron chi connectivity index (χ1n) is 7.76. The van der Waals surface area contributed by atoms with Crippen LogP contribution in [-0.2, 0) is 17.9 Å². The third-order valence-electron chi connectivity index (χ3n) is 3.77. The molecule has 0 aliphatic carbocycles. The molecule has 3 aromatic rings. The molecule has 0 atom stereocenters. The first kappa shape index (κ1) is 17.6. The fourth-order valence-electron chi connectivity index (χ4n) is 2.56. The van der Waals surface area contributed by atoms with Gasteiger partial charge in [-0.3, -0.25) is 14.4 Å². The normalized spacial score (nSPS) is 10.7. The van der Waals surface area contributed by atoms with Crippen molar-refractivity contribution in [1.82, 2.24) is 15.1 Å². The van der Waals surface area contributed by atoms with Crippen LogP contribution in [-0.4, -0.2) is 21.6 Å². The van der Waals surface area contributed by atoms with E-state index >= 15 is 0 Å². The standard InChI is InChI=1S/C18H15ClN4O3/c19-12-5-3-4-11(8-12)9-21-15(24)10-23-18(26)14-7-2-1-6-13(14)16(22-23)17(20)25/h1-8H,9-10H2,(H2,20,25)(H,21,24). The number of benzene rings is 2. The van der Waals surface area contributed by atoms with E-state index in [2.05, 4.69) is 10.4 Å². The van der Waals surface area contributed by atoms with E-state index in [4.69, 9.17) is 17.3 Å². The molecule has 0 bridgehead atoms. The summed E-state index contributed by atoms with van der Waals surface area (Å²) in [6.45, 7) is -0.0745. The molecule has 0 radical (unpaired) electrons. The highest BCUT2D eigenvalue weighted by Crippen LogP contribution is 2.13. The molecule has 0 spiro atoms. The van der Waals surface area contributed by atoms with Crippen molar-refractivity contribution in [2.45, 2.75) is 13.1 Å². The number of rotatable bonds is 5. The molecule has 7 nitrogen and oxygen atoms in total.